The van der Waals surface area contributed by atoms with Crippen LogP contribution in [-0.2, 0) is 42.7 Å². The minimum absolute atomic E-state index is 0.0556. The number of benzene rings is 3. The molecule has 2 amide bonds. The van der Waals surface area contributed by atoms with Gasteiger partial charge < -0.3 is 9.73 Å². The van der Waals surface area contributed by atoms with Gasteiger partial charge in [0.15, 0.2) is 0 Å². The molecule has 0 radical (unpaired) electrons. The van der Waals surface area contributed by atoms with Crippen molar-refractivity contribution in [2.75, 3.05) is 11.9 Å². The summed E-state index contributed by atoms with van der Waals surface area (Å²) in [7, 11) is -7.86. The molecule has 4 rings (SSSR count). The number of hydrazone groups is 1. The van der Waals surface area contributed by atoms with Crippen molar-refractivity contribution in [3.8, 4) is 0 Å². The van der Waals surface area contributed by atoms with Gasteiger partial charge in [-0.05, 0) is 61.0 Å². The molecule has 1 aromatic heterocycles. The van der Waals surface area contributed by atoms with Crippen LogP contribution in [0.2, 0.25) is 0 Å². The van der Waals surface area contributed by atoms with Gasteiger partial charge in [-0.15, -0.1) is 0 Å². The normalized spacial score (nSPS) is 12.0. The van der Waals surface area contributed by atoms with Crippen LogP contribution in [0.3, 0.4) is 0 Å². The third-order valence-electron chi connectivity index (χ3n) is 6.17. The minimum Gasteiger partial charge on any atom is -0.459 e. The van der Waals surface area contributed by atoms with Crippen LogP contribution >= 0.6 is 0 Å². The number of anilines is 1. The Morgan fingerprint density at radius 2 is 1.52 bits per heavy atom. The van der Waals surface area contributed by atoms with Gasteiger partial charge in [-0.2, -0.15) is 9.41 Å². The second kappa shape index (κ2) is 14.2. The van der Waals surface area contributed by atoms with Crippen LogP contribution in [0.1, 0.15) is 29.6 Å². The van der Waals surface area contributed by atoms with E-state index in [1.165, 1.54) is 49.5 Å². The molecule has 1 heterocycles. The van der Waals surface area contributed by atoms with Gasteiger partial charge in [-0.1, -0.05) is 48.0 Å². The van der Waals surface area contributed by atoms with Crippen molar-refractivity contribution in [1.29, 1.82) is 0 Å². The van der Waals surface area contributed by atoms with Crippen LogP contribution in [0.15, 0.2) is 110 Å². The average Bonchev–Trinajstić information content (AvgIpc) is 3.44. The number of sulfonamides is 2. The Morgan fingerprint density at radius 3 is 2.18 bits per heavy atom. The van der Waals surface area contributed by atoms with Crippen LogP contribution in [0.25, 0.3) is 0 Å². The van der Waals surface area contributed by atoms with E-state index < -0.39 is 32.5 Å². The molecule has 4 aromatic rings. The molecule has 0 atom stereocenters. The Hall–Kier alpha value is -4.63. The van der Waals surface area contributed by atoms with Crippen molar-refractivity contribution < 1.29 is 30.8 Å². The van der Waals surface area contributed by atoms with Crippen LogP contribution in [-0.4, -0.2) is 45.7 Å². The Kier molecular flexibility index (Phi) is 10.4. The number of amides is 2. The monoisotopic (exact) mass is 637 g/mol. The quantitative estimate of drug-likeness (QED) is 0.149. The molecule has 3 N–H and O–H groups in total. The Balaban J connectivity index is 1.39. The van der Waals surface area contributed by atoms with Gasteiger partial charge in [-0.25, -0.2) is 27.0 Å². The number of nitrogens with one attached hydrogen (secondary N) is 3. The molecule has 14 heteroatoms. The van der Waals surface area contributed by atoms with E-state index in [9.17, 15) is 26.4 Å². The summed E-state index contributed by atoms with van der Waals surface area (Å²) in [6, 6.07) is 24.0. The predicted molar refractivity (Wildman–Crippen MR) is 164 cm³/mol. The number of carbonyl (C=O) groups is 2. The van der Waals surface area contributed by atoms with Crippen LogP contribution in [0.5, 0.6) is 0 Å². The van der Waals surface area contributed by atoms with E-state index in [-0.39, 0.29) is 34.5 Å². The summed E-state index contributed by atoms with van der Waals surface area (Å²) in [6.07, 6.45) is 1.21. The molecule has 0 aliphatic carbocycles. The molecule has 3 aromatic carbocycles. The number of hydrogen-bond donors (Lipinski definition) is 3. The molecule has 0 saturated carbocycles. The lowest BCUT2D eigenvalue weighted by molar-refractivity contribution is -0.121. The smallest absolute Gasteiger partial charge is 0.255 e. The van der Waals surface area contributed by atoms with Crippen molar-refractivity contribution in [2.24, 2.45) is 5.10 Å². The summed E-state index contributed by atoms with van der Waals surface area (Å²) >= 11 is 0. The van der Waals surface area contributed by atoms with Gasteiger partial charge in [0.1, 0.15) is 11.5 Å². The van der Waals surface area contributed by atoms with E-state index in [2.05, 4.69) is 20.6 Å². The number of nitrogens with zero attached hydrogens (tertiary/aromatic N) is 2. The van der Waals surface area contributed by atoms with Crippen molar-refractivity contribution in [3.63, 3.8) is 0 Å². The Labute approximate surface area is 255 Å². The number of aryl methyl sites for hydroxylation is 1. The van der Waals surface area contributed by atoms with Gasteiger partial charge in [0, 0.05) is 19.2 Å². The Bertz CT molecular complexity index is 1840. The van der Waals surface area contributed by atoms with Gasteiger partial charge >= 0.3 is 0 Å². The average molecular weight is 638 g/mol. The van der Waals surface area contributed by atoms with E-state index in [1.54, 1.807) is 54.6 Å². The molecule has 0 saturated heterocycles. The summed E-state index contributed by atoms with van der Waals surface area (Å²) in [6.45, 7) is 2.49. The molecule has 0 bridgehead atoms. The zero-order valence-electron chi connectivity index (χ0n) is 23.9. The van der Waals surface area contributed by atoms with Crippen LogP contribution < -0.4 is 15.5 Å². The molecule has 44 heavy (non-hydrogen) atoms. The first-order valence-corrected chi connectivity index (χ1v) is 16.2. The van der Waals surface area contributed by atoms with Crippen molar-refractivity contribution in [3.05, 3.63) is 114 Å². The highest BCUT2D eigenvalue weighted by Gasteiger charge is 2.27. The van der Waals surface area contributed by atoms with Crippen LogP contribution in [0.4, 0.5) is 5.69 Å². The standard InChI is InChI=1S/C30H31N5O7S2/c1-22-8-14-28(15-9-22)43(38,39)32-19-27-13-12-26(42-27)18-31-34-30(37)21-35(20-24-6-4-3-5-7-24)44(40,41)29-16-10-25(11-17-29)33-23(2)36/h3-18,32H,19-21H2,1-2H3,(H,33,36)(H,34,37)/b31-18-. The fraction of sp³-hybridized carbons (Fsp3) is 0.167. The fourth-order valence-corrected chi connectivity index (χ4v) is 6.34. The van der Waals surface area contributed by atoms with Gasteiger partial charge in [0.25, 0.3) is 5.91 Å². The number of hydrogen-bond acceptors (Lipinski definition) is 8. The summed E-state index contributed by atoms with van der Waals surface area (Å²) < 4.78 is 61.0. The number of carbonyl (C=O) groups excluding carboxylic acids is 2. The highest BCUT2D eigenvalue weighted by molar-refractivity contribution is 7.89. The maximum Gasteiger partial charge on any atom is 0.255 e. The molecular weight excluding hydrogens is 606 g/mol. The van der Waals surface area contributed by atoms with E-state index in [0.29, 0.717) is 17.0 Å². The lowest BCUT2D eigenvalue weighted by Gasteiger charge is -2.21. The number of rotatable bonds is 13. The molecular formula is C30H31N5O7S2. The first-order chi connectivity index (χ1) is 20.9. The zero-order chi connectivity index (χ0) is 31.7. The molecule has 0 aliphatic heterocycles. The maximum atomic E-state index is 13.5. The van der Waals surface area contributed by atoms with Gasteiger partial charge in [-0.3, -0.25) is 9.59 Å². The molecule has 230 valence electrons. The van der Waals surface area contributed by atoms with E-state index in [0.717, 1.165) is 9.87 Å². The molecule has 0 fully saturated rings. The third-order valence-corrected chi connectivity index (χ3v) is 9.39. The van der Waals surface area contributed by atoms with Crippen molar-refractivity contribution in [1.82, 2.24) is 14.5 Å². The highest BCUT2D eigenvalue weighted by atomic mass is 32.2. The topological polar surface area (TPSA) is 167 Å². The predicted octanol–water partition coefficient (Wildman–Crippen LogP) is 3.37. The third kappa shape index (κ3) is 8.94. The number of furan rings is 1. The highest BCUT2D eigenvalue weighted by Crippen LogP contribution is 2.21. The lowest BCUT2D eigenvalue weighted by atomic mass is 10.2. The molecule has 12 nitrogen and oxygen atoms in total. The largest absolute Gasteiger partial charge is 0.459 e. The minimum atomic E-state index is -4.12. The molecule has 0 unspecified atom stereocenters. The van der Waals surface area contributed by atoms with E-state index in [4.69, 9.17) is 4.42 Å². The van der Waals surface area contributed by atoms with E-state index >= 15 is 0 Å². The molecule has 0 spiro atoms. The summed E-state index contributed by atoms with van der Waals surface area (Å²) in [5.74, 6) is -0.439. The summed E-state index contributed by atoms with van der Waals surface area (Å²) in [4.78, 5) is 24.2. The summed E-state index contributed by atoms with van der Waals surface area (Å²) in [5.41, 5.74) is 4.34. The van der Waals surface area contributed by atoms with Crippen molar-refractivity contribution >= 4 is 43.8 Å². The molecule has 0 aliphatic rings. The fourth-order valence-electron chi connectivity index (χ4n) is 3.96. The second-order valence-electron chi connectivity index (χ2n) is 9.70. The van der Waals surface area contributed by atoms with Crippen LogP contribution in [0, 0.1) is 6.92 Å². The zero-order valence-corrected chi connectivity index (χ0v) is 25.6. The lowest BCUT2D eigenvalue weighted by Crippen LogP contribution is -2.39. The Morgan fingerprint density at radius 1 is 0.864 bits per heavy atom. The first-order valence-electron chi connectivity index (χ1n) is 13.3. The van der Waals surface area contributed by atoms with E-state index in [1.807, 2.05) is 6.92 Å². The van der Waals surface area contributed by atoms with Gasteiger partial charge in [0.05, 0.1) is 29.1 Å². The summed E-state index contributed by atoms with van der Waals surface area (Å²) in [5, 5.41) is 6.43. The first kappa shape index (κ1) is 32.3. The SMILES string of the molecule is CC(=O)Nc1ccc(S(=O)(=O)N(CC(=O)N/N=C\c2ccc(CNS(=O)(=O)c3ccc(C)cc3)o2)Cc2ccccc2)cc1. The van der Waals surface area contributed by atoms with Gasteiger partial charge in [0.2, 0.25) is 26.0 Å². The second-order valence-corrected chi connectivity index (χ2v) is 13.4. The maximum absolute atomic E-state index is 13.5. The van der Waals surface area contributed by atoms with Crippen molar-refractivity contribution in [2.45, 2.75) is 36.7 Å².